The number of imide groups is 2. The van der Waals surface area contributed by atoms with Crippen molar-refractivity contribution in [2.75, 3.05) is 4.90 Å². The molecule has 1 aliphatic rings. The molecule has 3 rings (SSSR count). The Morgan fingerprint density at radius 3 is 2.50 bits per heavy atom. The van der Waals surface area contributed by atoms with Gasteiger partial charge in [0.15, 0.2) is 0 Å². The highest BCUT2D eigenvalue weighted by Crippen LogP contribution is 2.29. The summed E-state index contributed by atoms with van der Waals surface area (Å²) in [6, 6.07) is 11.4. The number of aryl methyl sites for hydroxylation is 1. The molecule has 28 heavy (non-hydrogen) atoms. The van der Waals surface area contributed by atoms with E-state index in [1.807, 2.05) is 26.8 Å². The van der Waals surface area contributed by atoms with E-state index < -0.39 is 17.8 Å². The highest BCUT2D eigenvalue weighted by atomic mass is 79.9. The van der Waals surface area contributed by atoms with Gasteiger partial charge in [0.1, 0.15) is 11.3 Å². The van der Waals surface area contributed by atoms with E-state index in [2.05, 4.69) is 21.2 Å². The van der Waals surface area contributed by atoms with Crippen LogP contribution in [0.1, 0.15) is 25.0 Å². The first-order chi connectivity index (χ1) is 13.3. The van der Waals surface area contributed by atoms with Crippen LogP contribution in [0.5, 0.6) is 5.75 Å². The second-order valence-electron chi connectivity index (χ2n) is 6.65. The number of anilines is 1. The number of hydrogen-bond acceptors (Lipinski definition) is 4. The van der Waals surface area contributed by atoms with Crippen LogP contribution < -0.4 is 15.0 Å². The molecule has 0 radical (unpaired) electrons. The maximum Gasteiger partial charge on any atom is 0.335 e. The molecule has 0 unspecified atom stereocenters. The van der Waals surface area contributed by atoms with Gasteiger partial charge in [0.25, 0.3) is 11.8 Å². The third-order valence-electron chi connectivity index (χ3n) is 3.99. The maximum atomic E-state index is 12.9. The van der Waals surface area contributed by atoms with Crippen molar-refractivity contribution in [3.05, 3.63) is 63.6 Å². The highest BCUT2D eigenvalue weighted by Gasteiger charge is 2.36. The Kier molecular flexibility index (Phi) is 5.65. The van der Waals surface area contributed by atoms with Crippen LogP contribution in [0.2, 0.25) is 0 Å². The molecule has 1 fully saturated rings. The molecule has 0 aliphatic carbocycles. The minimum atomic E-state index is -0.764. The molecule has 1 aliphatic heterocycles. The quantitative estimate of drug-likeness (QED) is 0.568. The molecule has 4 amide bonds. The maximum absolute atomic E-state index is 12.9. The van der Waals surface area contributed by atoms with Gasteiger partial charge in [0.2, 0.25) is 0 Å². The third-order valence-corrected chi connectivity index (χ3v) is 4.61. The Morgan fingerprint density at radius 2 is 1.86 bits per heavy atom. The van der Waals surface area contributed by atoms with Crippen molar-refractivity contribution in [2.24, 2.45) is 0 Å². The lowest BCUT2D eigenvalue weighted by Crippen LogP contribution is -2.54. The second-order valence-corrected chi connectivity index (χ2v) is 7.51. The van der Waals surface area contributed by atoms with E-state index in [1.165, 1.54) is 6.08 Å². The van der Waals surface area contributed by atoms with Gasteiger partial charge in [0, 0.05) is 0 Å². The fourth-order valence-electron chi connectivity index (χ4n) is 2.78. The zero-order valence-electron chi connectivity index (χ0n) is 15.7. The minimum absolute atomic E-state index is 0.0140. The summed E-state index contributed by atoms with van der Waals surface area (Å²) in [4.78, 5) is 38.4. The summed E-state index contributed by atoms with van der Waals surface area (Å²) in [5.41, 5.74) is 1.80. The average Bonchev–Trinajstić information content (AvgIpc) is 2.60. The fourth-order valence-corrected chi connectivity index (χ4v) is 3.27. The standard InChI is InChI=1S/C21H19BrN2O4/c1-12(2)28-18-8-7-14(11-17(18)22)10-16-19(25)23-21(27)24(20(16)26)15-6-4-5-13(3)9-15/h4-12H,1-3H3,(H,23,25,27)/b16-10+. The molecular formula is C21H19BrN2O4. The number of rotatable bonds is 4. The van der Waals surface area contributed by atoms with E-state index in [0.29, 0.717) is 21.5 Å². The summed E-state index contributed by atoms with van der Waals surface area (Å²) in [6.07, 6.45) is 1.47. The number of hydrogen-bond donors (Lipinski definition) is 1. The predicted octanol–water partition coefficient (Wildman–Crippen LogP) is 4.21. The normalized spacial score (nSPS) is 16.0. The number of barbiturate groups is 1. The Hall–Kier alpha value is -2.93. The van der Waals surface area contributed by atoms with Gasteiger partial charge in [-0.3, -0.25) is 14.9 Å². The van der Waals surface area contributed by atoms with Crippen molar-refractivity contribution in [2.45, 2.75) is 26.9 Å². The van der Waals surface area contributed by atoms with Gasteiger partial charge in [0.05, 0.1) is 16.3 Å². The van der Waals surface area contributed by atoms with Crippen molar-refractivity contribution in [3.8, 4) is 5.75 Å². The lowest BCUT2D eigenvalue weighted by molar-refractivity contribution is -0.122. The number of nitrogens with zero attached hydrogens (tertiary/aromatic N) is 1. The van der Waals surface area contributed by atoms with Gasteiger partial charge in [-0.15, -0.1) is 0 Å². The van der Waals surface area contributed by atoms with Crippen molar-refractivity contribution < 1.29 is 19.1 Å². The topological polar surface area (TPSA) is 75.7 Å². The van der Waals surface area contributed by atoms with Crippen LogP contribution in [0.15, 0.2) is 52.5 Å². The molecule has 1 heterocycles. The van der Waals surface area contributed by atoms with Crippen LogP contribution >= 0.6 is 15.9 Å². The van der Waals surface area contributed by atoms with Gasteiger partial charge in [-0.05, 0) is 78.2 Å². The molecule has 6 nitrogen and oxygen atoms in total. The van der Waals surface area contributed by atoms with E-state index in [-0.39, 0.29) is 11.7 Å². The Morgan fingerprint density at radius 1 is 1.11 bits per heavy atom. The summed E-state index contributed by atoms with van der Waals surface area (Å²) in [5, 5.41) is 2.22. The first kappa shape index (κ1) is 19.8. The van der Waals surface area contributed by atoms with E-state index in [4.69, 9.17) is 4.74 Å². The number of amides is 4. The number of carbonyl (C=O) groups is 3. The van der Waals surface area contributed by atoms with Crippen molar-refractivity contribution in [3.63, 3.8) is 0 Å². The van der Waals surface area contributed by atoms with E-state index in [9.17, 15) is 14.4 Å². The Balaban J connectivity index is 1.96. The molecule has 2 aromatic rings. The van der Waals surface area contributed by atoms with E-state index in [1.54, 1.807) is 36.4 Å². The smallest absolute Gasteiger partial charge is 0.335 e. The van der Waals surface area contributed by atoms with Crippen molar-refractivity contribution in [1.82, 2.24) is 5.32 Å². The van der Waals surface area contributed by atoms with Crippen LogP contribution in [0.4, 0.5) is 10.5 Å². The molecule has 7 heteroatoms. The van der Waals surface area contributed by atoms with Crippen LogP contribution in [-0.2, 0) is 9.59 Å². The molecule has 0 saturated carbocycles. The molecule has 0 spiro atoms. The van der Waals surface area contributed by atoms with Crippen LogP contribution in [0.25, 0.3) is 6.08 Å². The van der Waals surface area contributed by atoms with Gasteiger partial charge in [-0.1, -0.05) is 18.2 Å². The molecule has 1 saturated heterocycles. The van der Waals surface area contributed by atoms with Gasteiger partial charge >= 0.3 is 6.03 Å². The zero-order valence-corrected chi connectivity index (χ0v) is 17.2. The largest absolute Gasteiger partial charge is 0.490 e. The monoisotopic (exact) mass is 442 g/mol. The fraction of sp³-hybridized carbons (Fsp3) is 0.190. The summed E-state index contributed by atoms with van der Waals surface area (Å²) in [5.74, 6) is -0.733. The summed E-state index contributed by atoms with van der Waals surface area (Å²) >= 11 is 3.43. The second kappa shape index (κ2) is 7.98. The first-order valence-corrected chi connectivity index (χ1v) is 9.50. The van der Waals surface area contributed by atoms with Gasteiger partial charge < -0.3 is 4.74 Å². The third kappa shape index (κ3) is 4.14. The van der Waals surface area contributed by atoms with Gasteiger partial charge in [-0.25, -0.2) is 9.69 Å². The predicted molar refractivity (Wildman–Crippen MR) is 110 cm³/mol. The molecule has 0 atom stereocenters. The number of nitrogens with one attached hydrogen (secondary N) is 1. The lowest BCUT2D eigenvalue weighted by Gasteiger charge is -2.26. The lowest BCUT2D eigenvalue weighted by atomic mass is 10.1. The minimum Gasteiger partial charge on any atom is -0.490 e. The van der Waals surface area contributed by atoms with E-state index in [0.717, 1.165) is 10.5 Å². The Labute approximate surface area is 171 Å². The zero-order chi connectivity index (χ0) is 20.4. The van der Waals surface area contributed by atoms with Crippen molar-refractivity contribution >= 4 is 45.5 Å². The summed E-state index contributed by atoms with van der Waals surface area (Å²) in [6.45, 7) is 5.70. The molecule has 1 N–H and O–H groups in total. The Bertz CT molecular complexity index is 998. The van der Waals surface area contributed by atoms with E-state index >= 15 is 0 Å². The van der Waals surface area contributed by atoms with Crippen molar-refractivity contribution in [1.29, 1.82) is 0 Å². The number of urea groups is 1. The van der Waals surface area contributed by atoms with Crippen LogP contribution in [0, 0.1) is 6.92 Å². The SMILES string of the molecule is Cc1cccc(N2C(=O)NC(=O)/C(=C\c3ccc(OC(C)C)c(Br)c3)C2=O)c1. The molecule has 2 aromatic carbocycles. The van der Waals surface area contributed by atoms with Gasteiger partial charge in [-0.2, -0.15) is 0 Å². The number of benzene rings is 2. The number of carbonyl (C=O) groups excluding carboxylic acids is 3. The average molecular weight is 443 g/mol. The first-order valence-electron chi connectivity index (χ1n) is 8.70. The molecule has 0 aromatic heterocycles. The number of ether oxygens (including phenoxy) is 1. The molecular weight excluding hydrogens is 424 g/mol. The highest BCUT2D eigenvalue weighted by molar-refractivity contribution is 9.10. The molecule has 0 bridgehead atoms. The summed E-state index contributed by atoms with van der Waals surface area (Å²) in [7, 11) is 0. The van der Waals surface area contributed by atoms with Crippen LogP contribution in [0.3, 0.4) is 0 Å². The number of halogens is 1. The summed E-state index contributed by atoms with van der Waals surface area (Å²) < 4.78 is 6.37. The van der Waals surface area contributed by atoms with Crippen LogP contribution in [-0.4, -0.2) is 23.9 Å². The molecule has 144 valence electrons.